The van der Waals surface area contributed by atoms with E-state index in [2.05, 4.69) is 101 Å². The van der Waals surface area contributed by atoms with Crippen molar-refractivity contribution in [1.82, 2.24) is 15.1 Å². The first-order chi connectivity index (χ1) is 17.3. The van der Waals surface area contributed by atoms with E-state index in [-0.39, 0.29) is 5.91 Å². The van der Waals surface area contributed by atoms with Crippen LogP contribution in [0, 0.1) is 0 Å². The fourth-order valence-corrected chi connectivity index (χ4v) is 4.57. The summed E-state index contributed by atoms with van der Waals surface area (Å²) < 4.78 is 2.21. The number of hydrogen-bond donors (Lipinski definition) is 1. The number of carbonyl (C=O) groups excluding carboxylic acids is 1. The van der Waals surface area contributed by atoms with Crippen LogP contribution < -0.4 is 5.32 Å². The zero-order chi connectivity index (χ0) is 24.3. The highest BCUT2D eigenvalue weighted by Crippen LogP contribution is 2.40. The fourth-order valence-electron chi connectivity index (χ4n) is 4.57. The second-order valence-electron chi connectivity index (χ2n) is 8.94. The van der Waals surface area contributed by atoms with Gasteiger partial charge in [0.25, 0.3) is 0 Å². The molecule has 0 spiro atoms. The molecular formula is C31H35N3O. The molecule has 0 aliphatic rings. The number of aryl methyl sites for hydroxylation is 1. The lowest BCUT2D eigenvalue weighted by molar-refractivity contribution is -0.120. The van der Waals surface area contributed by atoms with E-state index in [9.17, 15) is 4.79 Å². The first-order valence-electron chi connectivity index (χ1n) is 12.8. The third-order valence-electron chi connectivity index (χ3n) is 6.41. The summed E-state index contributed by atoms with van der Waals surface area (Å²) in [5.41, 5.74) is 6.92. The number of rotatable bonds is 12. The van der Waals surface area contributed by atoms with Gasteiger partial charge in [0.1, 0.15) is 5.69 Å². The van der Waals surface area contributed by atoms with Gasteiger partial charge in [-0.2, -0.15) is 5.10 Å². The van der Waals surface area contributed by atoms with Crippen LogP contribution >= 0.6 is 0 Å². The van der Waals surface area contributed by atoms with Gasteiger partial charge in [0.05, 0.1) is 5.69 Å². The predicted molar refractivity (Wildman–Crippen MR) is 145 cm³/mol. The van der Waals surface area contributed by atoms with Crippen LogP contribution in [0.1, 0.15) is 44.9 Å². The number of hydrogen-bond acceptors (Lipinski definition) is 2. The zero-order valence-electron chi connectivity index (χ0n) is 20.6. The van der Waals surface area contributed by atoms with Crippen LogP contribution in [0.5, 0.6) is 0 Å². The summed E-state index contributed by atoms with van der Waals surface area (Å²) in [6.45, 7) is 0.884. The minimum atomic E-state index is 0.139. The highest BCUT2D eigenvalue weighted by Gasteiger charge is 2.21. The van der Waals surface area contributed by atoms with Gasteiger partial charge in [0.15, 0.2) is 0 Å². The minimum absolute atomic E-state index is 0.139. The number of aromatic nitrogens is 2. The Balaban J connectivity index is 1.56. The largest absolute Gasteiger partial charge is 0.359 e. The number of unbranched alkanes of at least 4 members (excludes halogenated alkanes) is 5. The van der Waals surface area contributed by atoms with Crippen molar-refractivity contribution in [2.45, 2.75) is 51.5 Å². The molecule has 0 saturated heterocycles. The molecule has 1 heterocycles. The van der Waals surface area contributed by atoms with Crippen LogP contribution in [-0.2, 0) is 11.3 Å². The maximum atomic E-state index is 11.4. The first-order valence-corrected chi connectivity index (χ1v) is 12.8. The van der Waals surface area contributed by atoms with Crippen molar-refractivity contribution >= 4 is 5.91 Å². The van der Waals surface area contributed by atoms with Crippen molar-refractivity contribution in [1.29, 1.82) is 0 Å². The molecule has 180 valence electrons. The van der Waals surface area contributed by atoms with E-state index in [1.54, 1.807) is 7.05 Å². The highest BCUT2D eigenvalue weighted by molar-refractivity contribution is 5.91. The van der Waals surface area contributed by atoms with Crippen LogP contribution in [-0.4, -0.2) is 22.7 Å². The molecule has 4 heteroatoms. The fraction of sp³-hybridized carbons (Fsp3) is 0.290. The molecule has 0 fully saturated rings. The summed E-state index contributed by atoms with van der Waals surface area (Å²) in [5.74, 6) is 0.139. The maximum Gasteiger partial charge on any atom is 0.219 e. The summed E-state index contributed by atoms with van der Waals surface area (Å²) in [6, 6.07) is 31.7. The van der Waals surface area contributed by atoms with Gasteiger partial charge in [-0.3, -0.25) is 9.48 Å². The van der Waals surface area contributed by atoms with E-state index in [0.717, 1.165) is 43.5 Å². The Labute approximate surface area is 209 Å². The first kappa shape index (κ1) is 24.5. The van der Waals surface area contributed by atoms with Crippen molar-refractivity contribution < 1.29 is 4.79 Å². The summed E-state index contributed by atoms with van der Waals surface area (Å²) in [5, 5.41) is 7.88. The van der Waals surface area contributed by atoms with Crippen molar-refractivity contribution in [2.75, 3.05) is 7.05 Å². The molecule has 0 aliphatic heterocycles. The van der Waals surface area contributed by atoms with Gasteiger partial charge >= 0.3 is 0 Å². The molecule has 1 N–H and O–H groups in total. The van der Waals surface area contributed by atoms with Gasteiger partial charge < -0.3 is 5.32 Å². The Bertz CT molecular complexity index is 1180. The topological polar surface area (TPSA) is 46.9 Å². The molecule has 0 saturated carbocycles. The molecular weight excluding hydrogens is 430 g/mol. The molecule has 1 amide bonds. The minimum Gasteiger partial charge on any atom is -0.359 e. The molecule has 4 rings (SSSR count). The van der Waals surface area contributed by atoms with E-state index >= 15 is 0 Å². The standard InChI is InChI=1S/C31H35N3O/c1-32-28(35)23-15-4-2-3-5-16-24-34-31(27-21-13-8-14-22-27)29(25-17-9-6-10-18-25)30(33-34)26-19-11-7-12-20-26/h6-14,17-22H,2-5,15-16,23-24H2,1H3,(H,32,35). The van der Waals surface area contributed by atoms with E-state index in [0.29, 0.717) is 6.42 Å². The average Bonchev–Trinajstić information content (AvgIpc) is 3.31. The van der Waals surface area contributed by atoms with Crippen LogP contribution in [0.3, 0.4) is 0 Å². The third-order valence-corrected chi connectivity index (χ3v) is 6.41. The summed E-state index contributed by atoms with van der Waals surface area (Å²) in [7, 11) is 1.70. The lowest BCUT2D eigenvalue weighted by Gasteiger charge is -2.11. The third kappa shape index (κ3) is 6.48. The maximum absolute atomic E-state index is 11.4. The molecule has 4 aromatic rings. The smallest absolute Gasteiger partial charge is 0.219 e. The molecule has 4 nitrogen and oxygen atoms in total. The van der Waals surface area contributed by atoms with Crippen LogP contribution in [0.25, 0.3) is 33.6 Å². The monoisotopic (exact) mass is 465 g/mol. The molecule has 0 atom stereocenters. The summed E-state index contributed by atoms with van der Waals surface area (Å²) in [4.78, 5) is 11.4. The van der Waals surface area contributed by atoms with Crippen molar-refractivity contribution in [3.05, 3.63) is 91.0 Å². The van der Waals surface area contributed by atoms with Gasteiger partial charge in [-0.15, -0.1) is 0 Å². The normalized spacial score (nSPS) is 10.9. The van der Waals surface area contributed by atoms with Gasteiger partial charge in [0, 0.05) is 36.7 Å². The number of nitrogens with one attached hydrogen (secondary N) is 1. The Morgan fingerprint density at radius 3 is 1.80 bits per heavy atom. The quantitative estimate of drug-likeness (QED) is 0.222. The highest BCUT2D eigenvalue weighted by atomic mass is 16.1. The Morgan fingerprint density at radius 2 is 1.20 bits per heavy atom. The summed E-state index contributed by atoms with van der Waals surface area (Å²) >= 11 is 0. The van der Waals surface area contributed by atoms with Gasteiger partial charge in [0.2, 0.25) is 5.91 Å². The predicted octanol–water partition coefficient (Wildman–Crippen LogP) is 7.36. The van der Waals surface area contributed by atoms with Crippen LogP contribution in [0.15, 0.2) is 91.0 Å². The number of carbonyl (C=O) groups is 1. The van der Waals surface area contributed by atoms with Gasteiger partial charge in [-0.25, -0.2) is 0 Å². The summed E-state index contributed by atoms with van der Waals surface area (Å²) in [6.07, 6.45) is 7.32. The molecule has 0 unspecified atom stereocenters. The van der Waals surface area contributed by atoms with Crippen LogP contribution in [0.4, 0.5) is 0 Å². The molecule has 0 aliphatic carbocycles. The molecule has 0 bridgehead atoms. The van der Waals surface area contributed by atoms with E-state index in [4.69, 9.17) is 5.10 Å². The number of nitrogens with zero attached hydrogens (tertiary/aromatic N) is 2. The van der Waals surface area contributed by atoms with Crippen molar-refractivity contribution in [3.63, 3.8) is 0 Å². The Kier molecular flexibility index (Phi) is 8.88. The lowest BCUT2D eigenvalue weighted by Crippen LogP contribution is -2.16. The number of amides is 1. The number of benzene rings is 3. The Morgan fingerprint density at radius 1 is 0.686 bits per heavy atom. The molecule has 35 heavy (non-hydrogen) atoms. The Hall–Kier alpha value is -3.66. The van der Waals surface area contributed by atoms with E-state index < -0.39 is 0 Å². The van der Waals surface area contributed by atoms with Gasteiger partial charge in [-0.1, -0.05) is 117 Å². The van der Waals surface area contributed by atoms with Crippen molar-refractivity contribution in [3.8, 4) is 33.6 Å². The molecule has 0 radical (unpaired) electrons. The van der Waals surface area contributed by atoms with E-state index in [1.165, 1.54) is 35.2 Å². The second-order valence-corrected chi connectivity index (χ2v) is 8.94. The SMILES string of the molecule is CNC(=O)CCCCCCCCn1nc(-c2ccccc2)c(-c2ccccc2)c1-c1ccccc1. The average molecular weight is 466 g/mol. The zero-order valence-corrected chi connectivity index (χ0v) is 20.6. The van der Waals surface area contributed by atoms with Gasteiger partial charge in [-0.05, 0) is 18.4 Å². The van der Waals surface area contributed by atoms with Crippen molar-refractivity contribution in [2.24, 2.45) is 0 Å². The van der Waals surface area contributed by atoms with Crippen LogP contribution in [0.2, 0.25) is 0 Å². The molecule has 1 aromatic heterocycles. The molecule has 3 aromatic carbocycles. The second kappa shape index (κ2) is 12.7. The van der Waals surface area contributed by atoms with E-state index in [1.807, 2.05) is 0 Å². The lowest BCUT2D eigenvalue weighted by atomic mass is 9.96.